The number of carbonyl (C=O) groups excluding carboxylic acids is 1. The normalized spacial score (nSPS) is 9.55. The van der Waals surface area contributed by atoms with E-state index in [1.165, 1.54) is 6.92 Å². The zero-order valence-electron chi connectivity index (χ0n) is 5.72. The molecule has 6 nitrogen and oxygen atoms in total. The van der Waals surface area contributed by atoms with Gasteiger partial charge >= 0.3 is 5.82 Å². The summed E-state index contributed by atoms with van der Waals surface area (Å²) in [6, 6.07) is 0. The first-order valence-corrected chi connectivity index (χ1v) is 2.80. The molecule has 1 rings (SSSR count). The molecule has 0 aliphatic carbocycles. The molecule has 0 aliphatic rings. The van der Waals surface area contributed by atoms with Crippen molar-refractivity contribution in [3.63, 3.8) is 0 Å². The van der Waals surface area contributed by atoms with Gasteiger partial charge in [-0.05, 0) is 9.91 Å². The van der Waals surface area contributed by atoms with Crippen molar-refractivity contribution >= 4 is 11.7 Å². The van der Waals surface area contributed by atoms with Crippen molar-refractivity contribution < 1.29 is 9.72 Å². The summed E-state index contributed by atoms with van der Waals surface area (Å²) >= 11 is 0. The summed E-state index contributed by atoms with van der Waals surface area (Å²) in [6.07, 6.45) is 2.18. The summed E-state index contributed by atoms with van der Waals surface area (Å²) in [5.41, 5.74) is 0. The average Bonchev–Trinajstić information content (AvgIpc) is 2.33. The van der Waals surface area contributed by atoms with E-state index in [2.05, 4.69) is 4.98 Å². The summed E-state index contributed by atoms with van der Waals surface area (Å²) in [5, 5.41) is 10.1. The quantitative estimate of drug-likeness (QED) is 0.435. The fourth-order valence-electron chi connectivity index (χ4n) is 0.579. The number of aromatic nitrogens is 2. The highest BCUT2D eigenvalue weighted by atomic mass is 16.6. The Hall–Kier alpha value is -1.72. The van der Waals surface area contributed by atoms with Gasteiger partial charge in [-0.25, -0.2) is 4.57 Å². The number of nitrogens with zero attached hydrogens (tertiary/aromatic N) is 3. The third kappa shape index (κ3) is 1.40. The minimum Gasteiger partial charge on any atom is -0.358 e. The number of imidazole rings is 1. The van der Waals surface area contributed by atoms with Crippen molar-refractivity contribution in [2.45, 2.75) is 6.92 Å². The predicted molar refractivity (Wildman–Crippen MR) is 35.2 cm³/mol. The van der Waals surface area contributed by atoms with Crippen LogP contribution in [-0.4, -0.2) is 20.4 Å². The maximum Gasteiger partial charge on any atom is 0.381 e. The Bertz CT molecular complexity index is 275. The fourth-order valence-corrected chi connectivity index (χ4v) is 0.579. The number of rotatable bonds is 1. The van der Waals surface area contributed by atoms with Gasteiger partial charge in [0.2, 0.25) is 12.2 Å². The summed E-state index contributed by atoms with van der Waals surface area (Å²) < 4.78 is 1.05. The van der Waals surface area contributed by atoms with E-state index in [1.54, 1.807) is 0 Å². The second-order valence-corrected chi connectivity index (χ2v) is 1.92. The van der Waals surface area contributed by atoms with Crippen LogP contribution in [0.15, 0.2) is 12.5 Å². The maximum absolute atomic E-state index is 10.6. The zero-order valence-corrected chi connectivity index (χ0v) is 5.72. The molecule has 58 valence electrons. The lowest BCUT2D eigenvalue weighted by Crippen LogP contribution is -2.01. The number of carbonyl (C=O) groups is 1. The standard InChI is InChI=1S/C5H5N3O3/c1-4(9)7-2-5(6-3-7)8(10)11/h2-3H,1H3. The van der Waals surface area contributed by atoms with Crippen molar-refractivity contribution in [3.05, 3.63) is 22.6 Å². The molecule has 0 radical (unpaired) electrons. The molecular weight excluding hydrogens is 150 g/mol. The van der Waals surface area contributed by atoms with Gasteiger partial charge in [0.1, 0.15) is 6.20 Å². The van der Waals surface area contributed by atoms with E-state index in [0.29, 0.717) is 0 Å². The summed E-state index contributed by atoms with van der Waals surface area (Å²) in [4.78, 5) is 23.4. The summed E-state index contributed by atoms with van der Waals surface area (Å²) in [5.74, 6) is -0.620. The molecule has 0 unspecified atom stereocenters. The van der Waals surface area contributed by atoms with E-state index < -0.39 is 4.92 Å². The molecular formula is C5H5N3O3. The molecule has 0 fully saturated rings. The molecule has 0 aliphatic heterocycles. The van der Waals surface area contributed by atoms with E-state index >= 15 is 0 Å². The van der Waals surface area contributed by atoms with Gasteiger partial charge in [0.15, 0.2) is 0 Å². The summed E-state index contributed by atoms with van der Waals surface area (Å²) in [6.45, 7) is 1.30. The van der Waals surface area contributed by atoms with Crippen molar-refractivity contribution in [2.24, 2.45) is 0 Å². The van der Waals surface area contributed by atoms with Gasteiger partial charge in [0, 0.05) is 6.92 Å². The monoisotopic (exact) mass is 155 g/mol. The first kappa shape index (κ1) is 7.39. The Kier molecular flexibility index (Phi) is 1.67. The van der Waals surface area contributed by atoms with Gasteiger partial charge < -0.3 is 10.1 Å². The van der Waals surface area contributed by atoms with Gasteiger partial charge in [-0.2, -0.15) is 0 Å². The lowest BCUT2D eigenvalue weighted by molar-refractivity contribution is -0.389. The van der Waals surface area contributed by atoms with Crippen LogP contribution in [0.3, 0.4) is 0 Å². The Morgan fingerprint density at radius 1 is 1.82 bits per heavy atom. The molecule has 1 aromatic rings. The topological polar surface area (TPSA) is 78.0 Å². The second kappa shape index (κ2) is 2.49. The minimum atomic E-state index is -0.653. The Labute approximate surface area is 61.6 Å². The van der Waals surface area contributed by atoms with Crippen molar-refractivity contribution in [1.82, 2.24) is 9.55 Å². The van der Waals surface area contributed by atoms with Crippen LogP contribution in [0.5, 0.6) is 0 Å². The Morgan fingerprint density at radius 2 is 2.45 bits per heavy atom. The molecule has 1 aromatic heterocycles. The third-order valence-corrected chi connectivity index (χ3v) is 1.12. The number of nitro groups is 1. The van der Waals surface area contributed by atoms with Crippen LogP contribution in [0.4, 0.5) is 5.82 Å². The molecule has 0 saturated carbocycles. The molecule has 1 heterocycles. The molecule has 0 bridgehead atoms. The molecule has 0 amide bonds. The SMILES string of the molecule is CC(=O)n1cnc([N+](=O)[O-])c1. The highest BCUT2D eigenvalue weighted by Gasteiger charge is 2.10. The van der Waals surface area contributed by atoms with Crippen LogP contribution < -0.4 is 0 Å². The Morgan fingerprint density at radius 3 is 2.73 bits per heavy atom. The second-order valence-electron chi connectivity index (χ2n) is 1.92. The van der Waals surface area contributed by atoms with Gasteiger partial charge in [0.25, 0.3) is 0 Å². The number of hydrogen-bond acceptors (Lipinski definition) is 4. The third-order valence-electron chi connectivity index (χ3n) is 1.12. The summed E-state index contributed by atoms with van der Waals surface area (Å²) in [7, 11) is 0. The minimum absolute atomic E-state index is 0.300. The van der Waals surface area contributed by atoms with Crippen LogP contribution in [0.1, 0.15) is 11.7 Å². The fraction of sp³-hybridized carbons (Fsp3) is 0.200. The van der Waals surface area contributed by atoms with Gasteiger partial charge in [-0.3, -0.25) is 4.79 Å². The zero-order chi connectivity index (χ0) is 8.43. The van der Waals surface area contributed by atoms with Gasteiger partial charge in [0.05, 0.1) is 0 Å². The molecule has 0 N–H and O–H groups in total. The van der Waals surface area contributed by atoms with E-state index in [0.717, 1.165) is 17.1 Å². The smallest absolute Gasteiger partial charge is 0.358 e. The molecule has 0 spiro atoms. The van der Waals surface area contributed by atoms with Gasteiger partial charge in [-0.15, -0.1) is 0 Å². The highest BCUT2D eigenvalue weighted by molar-refractivity contribution is 5.76. The first-order valence-electron chi connectivity index (χ1n) is 2.80. The predicted octanol–water partition coefficient (Wildman–Crippen LogP) is 0.451. The molecule has 0 atom stereocenters. The molecule has 11 heavy (non-hydrogen) atoms. The number of hydrogen-bond donors (Lipinski definition) is 0. The lowest BCUT2D eigenvalue weighted by atomic mass is 10.7. The van der Waals surface area contributed by atoms with Gasteiger partial charge in [-0.1, -0.05) is 0 Å². The molecule has 0 saturated heterocycles. The lowest BCUT2D eigenvalue weighted by Gasteiger charge is -1.86. The first-order chi connectivity index (χ1) is 5.11. The van der Waals surface area contributed by atoms with Crippen molar-refractivity contribution in [2.75, 3.05) is 0 Å². The van der Waals surface area contributed by atoms with E-state index in [4.69, 9.17) is 0 Å². The van der Waals surface area contributed by atoms with Crippen molar-refractivity contribution in [1.29, 1.82) is 0 Å². The van der Waals surface area contributed by atoms with E-state index in [9.17, 15) is 14.9 Å². The van der Waals surface area contributed by atoms with E-state index in [-0.39, 0.29) is 11.7 Å². The molecule has 6 heteroatoms. The van der Waals surface area contributed by atoms with Crippen LogP contribution in [0.25, 0.3) is 0 Å². The van der Waals surface area contributed by atoms with Crippen LogP contribution in [0, 0.1) is 10.1 Å². The highest BCUT2D eigenvalue weighted by Crippen LogP contribution is 2.04. The largest absolute Gasteiger partial charge is 0.381 e. The van der Waals surface area contributed by atoms with Crippen LogP contribution >= 0.6 is 0 Å². The Balaban J connectivity index is 2.99. The average molecular weight is 155 g/mol. The van der Waals surface area contributed by atoms with E-state index in [1.807, 2.05) is 0 Å². The van der Waals surface area contributed by atoms with Crippen LogP contribution in [0.2, 0.25) is 0 Å². The molecule has 0 aromatic carbocycles. The van der Waals surface area contributed by atoms with Crippen molar-refractivity contribution in [3.8, 4) is 0 Å². The maximum atomic E-state index is 10.6. The van der Waals surface area contributed by atoms with Crippen LogP contribution in [-0.2, 0) is 0 Å².